The van der Waals surface area contributed by atoms with Crippen LogP contribution in [0.15, 0.2) is 60.7 Å². The third kappa shape index (κ3) is 6.22. The van der Waals surface area contributed by atoms with Crippen LogP contribution in [0.25, 0.3) is 0 Å². The van der Waals surface area contributed by atoms with Gasteiger partial charge in [0.05, 0.1) is 18.8 Å². The Kier molecular flexibility index (Phi) is 6.89. The van der Waals surface area contributed by atoms with Crippen LogP contribution in [0.2, 0.25) is 0 Å². The highest BCUT2D eigenvalue weighted by atomic mass is 16.5. The van der Waals surface area contributed by atoms with Gasteiger partial charge in [-0.25, -0.2) is 0 Å². The third-order valence-electron chi connectivity index (χ3n) is 3.25. The van der Waals surface area contributed by atoms with Crippen molar-refractivity contribution >= 4 is 17.3 Å². The maximum absolute atomic E-state index is 12.2. The minimum atomic E-state index is -0.153. The maximum atomic E-state index is 12.2. The van der Waals surface area contributed by atoms with E-state index in [0.717, 1.165) is 17.0 Å². The van der Waals surface area contributed by atoms with E-state index < -0.39 is 0 Å². The van der Waals surface area contributed by atoms with Crippen molar-refractivity contribution in [3.05, 3.63) is 60.7 Å². The van der Waals surface area contributed by atoms with Crippen molar-refractivity contribution in [2.45, 2.75) is 13.8 Å². The van der Waals surface area contributed by atoms with E-state index in [4.69, 9.17) is 9.47 Å². The molecule has 0 aliphatic carbocycles. The lowest BCUT2D eigenvalue weighted by atomic mass is 10.2. The fraction of sp³-hybridized carbons (Fsp3) is 0.250. The zero-order valence-electron chi connectivity index (χ0n) is 14.7. The van der Waals surface area contributed by atoms with E-state index in [0.29, 0.717) is 24.7 Å². The van der Waals surface area contributed by atoms with E-state index in [1.807, 2.05) is 62.4 Å². The number of carbonyl (C=O) groups excluding carboxylic acids is 1. The van der Waals surface area contributed by atoms with Crippen LogP contribution in [0.5, 0.6) is 11.5 Å². The molecule has 0 aliphatic rings. The summed E-state index contributed by atoms with van der Waals surface area (Å²) in [6.07, 6.45) is 0. The van der Waals surface area contributed by atoms with Gasteiger partial charge in [0, 0.05) is 5.69 Å². The van der Waals surface area contributed by atoms with Crippen molar-refractivity contribution < 1.29 is 14.3 Å². The average Bonchev–Trinajstić information content (AvgIpc) is 2.60. The second kappa shape index (κ2) is 9.37. The molecule has 0 radical (unpaired) electrons. The Hall–Kier alpha value is -2.95. The molecule has 0 fully saturated rings. The molecule has 0 bridgehead atoms. The summed E-state index contributed by atoms with van der Waals surface area (Å²) in [5.41, 5.74) is 2.41. The van der Waals surface area contributed by atoms with Gasteiger partial charge in [-0.1, -0.05) is 18.7 Å². The van der Waals surface area contributed by atoms with Gasteiger partial charge in [-0.05, 0) is 55.8 Å². The number of amides is 1. The van der Waals surface area contributed by atoms with Gasteiger partial charge in [-0.2, -0.15) is 0 Å². The Morgan fingerprint density at radius 1 is 1.08 bits per heavy atom. The van der Waals surface area contributed by atoms with Crippen LogP contribution in [-0.4, -0.2) is 25.7 Å². The van der Waals surface area contributed by atoms with E-state index in [1.54, 1.807) is 0 Å². The average molecular weight is 340 g/mol. The second-order valence-corrected chi connectivity index (χ2v) is 5.60. The summed E-state index contributed by atoms with van der Waals surface area (Å²) >= 11 is 0. The molecule has 0 aromatic heterocycles. The molecule has 0 saturated heterocycles. The molecule has 0 saturated carbocycles. The Morgan fingerprint density at radius 3 is 2.48 bits per heavy atom. The molecular formula is C20H24N2O3. The molecule has 2 aromatic carbocycles. The largest absolute Gasteiger partial charge is 0.494 e. The van der Waals surface area contributed by atoms with E-state index >= 15 is 0 Å². The van der Waals surface area contributed by atoms with Crippen LogP contribution in [0.3, 0.4) is 0 Å². The number of benzene rings is 2. The zero-order valence-corrected chi connectivity index (χ0v) is 14.7. The second-order valence-electron chi connectivity index (χ2n) is 5.60. The monoisotopic (exact) mass is 340 g/mol. The molecule has 25 heavy (non-hydrogen) atoms. The number of ether oxygens (including phenoxy) is 2. The third-order valence-corrected chi connectivity index (χ3v) is 3.25. The first kappa shape index (κ1) is 18.4. The van der Waals surface area contributed by atoms with Crippen LogP contribution in [0.1, 0.15) is 13.8 Å². The summed E-state index contributed by atoms with van der Waals surface area (Å²) in [4.78, 5) is 12.2. The first-order chi connectivity index (χ1) is 12.1. The van der Waals surface area contributed by atoms with Gasteiger partial charge in [0.15, 0.2) is 0 Å². The lowest BCUT2D eigenvalue weighted by Crippen LogP contribution is -2.22. The van der Waals surface area contributed by atoms with Crippen LogP contribution in [0.4, 0.5) is 11.4 Å². The lowest BCUT2D eigenvalue weighted by molar-refractivity contribution is -0.114. The van der Waals surface area contributed by atoms with Crippen molar-refractivity contribution in [3.8, 4) is 11.5 Å². The van der Waals surface area contributed by atoms with Gasteiger partial charge >= 0.3 is 0 Å². The predicted octanol–water partition coefficient (Wildman–Crippen LogP) is 4.09. The van der Waals surface area contributed by atoms with Gasteiger partial charge in [-0.3, -0.25) is 4.79 Å². The van der Waals surface area contributed by atoms with Crippen LogP contribution >= 0.6 is 0 Å². The zero-order chi connectivity index (χ0) is 18.1. The van der Waals surface area contributed by atoms with E-state index in [-0.39, 0.29) is 12.5 Å². The van der Waals surface area contributed by atoms with Crippen molar-refractivity contribution in [3.63, 3.8) is 0 Å². The fourth-order valence-electron chi connectivity index (χ4n) is 2.11. The number of nitrogens with one attached hydrogen (secondary N) is 2. The summed E-state index contributed by atoms with van der Waals surface area (Å²) in [6, 6.07) is 14.8. The topological polar surface area (TPSA) is 59.6 Å². The Morgan fingerprint density at radius 2 is 1.80 bits per heavy atom. The molecule has 1 amide bonds. The number of hydrogen-bond donors (Lipinski definition) is 2. The quantitative estimate of drug-likeness (QED) is 0.675. The predicted molar refractivity (Wildman–Crippen MR) is 101 cm³/mol. The molecule has 5 heteroatoms. The summed E-state index contributed by atoms with van der Waals surface area (Å²) in [6.45, 7) is 8.84. The molecule has 0 unspecified atom stereocenters. The highest BCUT2D eigenvalue weighted by molar-refractivity contribution is 5.95. The number of anilines is 2. The number of rotatable bonds is 9. The molecule has 0 atom stereocenters. The summed E-state index contributed by atoms with van der Waals surface area (Å²) in [5.74, 6) is 1.28. The van der Waals surface area contributed by atoms with Crippen molar-refractivity contribution in [2.24, 2.45) is 0 Å². The first-order valence-corrected chi connectivity index (χ1v) is 8.21. The van der Waals surface area contributed by atoms with Gasteiger partial charge in [-0.15, -0.1) is 0 Å². The molecule has 5 nitrogen and oxygen atoms in total. The number of hydrogen-bond acceptors (Lipinski definition) is 4. The van der Waals surface area contributed by atoms with E-state index in [1.165, 1.54) is 0 Å². The van der Waals surface area contributed by atoms with E-state index in [2.05, 4.69) is 17.2 Å². The molecule has 2 aromatic rings. The van der Waals surface area contributed by atoms with Crippen LogP contribution in [0, 0.1) is 0 Å². The Labute approximate surface area is 148 Å². The first-order valence-electron chi connectivity index (χ1n) is 8.21. The SMILES string of the molecule is C=C(C)COc1ccccc1NC(=O)CNc1ccc(OCC)cc1. The van der Waals surface area contributed by atoms with Crippen molar-refractivity contribution in [1.29, 1.82) is 0 Å². The Bertz CT molecular complexity index is 711. The van der Waals surface area contributed by atoms with Crippen molar-refractivity contribution in [2.75, 3.05) is 30.4 Å². The van der Waals surface area contributed by atoms with Gasteiger partial charge < -0.3 is 20.1 Å². The van der Waals surface area contributed by atoms with Crippen LogP contribution < -0.4 is 20.1 Å². The fourth-order valence-corrected chi connectivity index (χ4v) is 2.11. The van der Waals surface area contributed by atoms with E-state index in [9.17, 15) is 4.79 Å². The summed E-state index contributed by atoms with van der Waals surface area (Å²) in [5, 5.41) is 5.94. The lowest BCUT2D eigenvalue weighted by Gasteiger charge is -2.13. The molecule has 0 spiro atoms. The van der Waals surface area contributed by atoms with Crippen LogP contribution in [-0.2, 0) is 4.79 Å². The van der Waals surface area contributed by atoms with Gasteiger partial charge in [0.1, 0.15) is 18.1 Å². The molecule has 2 N–H and O–H groups in total. The standard InChI is InChI=1S/C20H24N2O3/c1-4-24-17-11-9-16(10-12-17)21-13-20(23)22-18-7-5-6-8-19(18)25-14-15(2)3/h5-12,21H,2,4,13-14H2,1,3H3,(H,22,23). The van der Waals surface area contributed by atoms with Gasteiger partial charge in [0.25, 0.3) is 0 Å². The molecule has 0 aliphatic heterocycles. The number of carbonyl (C=O) groups is 1. The molecule has 0 heterocycles. The Balaban J connectivity index is 1.88. The smallest absolute Gasteiger partial charge is 0.243 e. The highest BCUT2D eigenvalue weighted by Gasteiger charge is 2.07. The van der Waals surface area contributed by atoms with Crippen molar-refractivity contribution in [1.82, 2.24) is 0 Å². The number of para-hydroxylation sites is 2. The molecular weight excluding hydrogens is 316 g/mol. The highest BCUT2D eigenvalue weighted by Crippen LogP contribution is 2.24. The normalized spacial score (nSPS) is 10.0. The molecule has 132 valence electrons. The maximum Gasteiger partial charge on any atom is 0.243 e. The molecule has 2 rings (SSSR count). The minimum absolute atomic E-state index is 0.153. The van der Waals surface area contributed by atoms with Gasteiger partial charge in [0.2, 0.25) is 5.91 Å². The summed E-state index contributed by atoms with van der Waals surface area (Å²) < 4.78 is 11.0. The summed E-state index contributed by atoms with van der Waals surface area (Å²) in [7, 11) is 0. The minimum Gasteiger partial charge on any atom is -0.494 e.